The van der Waals surface area contributed by atoms with Gasteiger partial charge in [0.25, 0.3) is 0 Å². The molecule has 0 unspecified atom stereocenters. The zero-order valence-electron chi connectivity index (χ0n) is 8.85. The van der Waals surface area contributed by atoms with Crippen LogP contribution in [-0.4, -0.2) is 10.6 Å². The minimum Gasteiger partial charge on any atom is -0.294 e. The summed E-state index contributed by atoms with van der Waals surface area (Å²) < 4.78 is 0. The molecule has 1 aromatic carbocycles. The van der Waals surface area contributed by atoms with Gasteiger partial charge >= 0.3 is 0 Å². The fourth-order valence-electron chi connectivity index (χ4n) is 1.45. The lowest BCUT2D eigenvalue weighted by Crippen LogP contribution is -2.06. The third-order valence-corrected chi connectivity index (χ3v) is 4.04. The van der Waals surface area contributed by atoms with E-state index in [0.29, 0.717) is 15.5 Å². The third kappa shape index (κ3) is 3.00. The predicted molar refractivity (Wildman–Crippen MR) is 76.4 cm³/mol. The average Bonchev–Trinajstić information content (AvgIpc) is 2.82. The van der Waals surface area contributed by atoms with Crippen LogP contribution in [0.1, 0.15) is 21.7 Å². The van der Waals surface area contributed by atoms with Gasteiger partial charge in [0.05, 0.1) is 5.02 Å². The van der Waals surface area contributed by atoms with E-state index >= 15 is 0 Å². The Morgan fingerprint density at radius 1 is 1.24 bits per heavy atom. The molecule has 0 spiro atoms. The summed E-state index contributed by atoms with van der Waals surface area (Å²) in [5.41, 5.74) is 0.535. The second-order valence-corrected chi connectivity index (χ2v) is 5.33. The Labute approximate surface area is 114 Å². The Balaban J connectivity index is 2.13. The normalized spacial score (nSPS) is 10.2. The number of rotatable bonds is 4. The molecule has 0 atom stereocenters. The quantitative estimate of drug-likeness (QED) is 0.610. The van der Waals surface area contributed by atoms with Crippen LogP contribution in [-0.2, 0) is 0 Å². The standard InChI is InChI=1S/C13H9ClOS2/c14-10-5-2-1-4-9(10)11(15)8-12(16)13-6-3-7-17-13/h1-7H,8H2. The van der Waals surface area contributed by atoms with Crippen LogP contribution < -0.4 is 0 Å². The van der Waals surface area contributed by atoms with Gasteiger partial charge in [0.2, 0.25) is 0 Å². The molecular formula is C13H9ClOS2. The topological polar surface area (TPSA) is 17.1 Å². The van der Waals surface area contributed by atoms with Crippen molar-refractivity contribution in [3.63, 3.8) is 0 Å². The van der Waals surface area contributed by atoms with Crippen molar-refractivity contribution in [2.24, 2.45) is 0 Å². The summed E-state index contributed by atoms with van der Waals surface area (Å²) in [6, 6.07) is 10.9. The Kier molecular flexibility index (Phi) is 4.05. The van der Waals surface area contributed by atoms with Gasteiger partial charge in [0.1, 0.15) is 0 Å². The summed E-state index contributed by atoms with van der Waals surface area (Å²) in [6.07, 6.45) is 0.236. The number of benzene rings is 1. The molecule has 0 aliphatic rings. The molecular weight excluding hydrogens is 272 g/mol. The maximum Gasteiger partial charge on any atom is 0.169 e. The van der Waals surface area contributed by atoms with E-state index in [0.717, 1.165) is 4.88 Å². The van der Waals surface area contributed by atoms with Crippen molar-refractivity contribution in [3.05, 3.63) is 57.2 Å². The summed E-state index contributed by atoms with van der Waals surface area (Å²) in [6.45, 7) is 0. The van der Waals surface area contributed by atoms with E-state index in [1.807, 2.05) is 17.5 Å². The molecule has 0 radical (unpaired) electrons. The molecule has 86 valence electrons. The number of ketones is 1. The van der Waals surface area contributed by atoms with Gasteiger partial charge < -0.3 is 0 Å². The fraction of sp³-hybridized carbons (Fsp3) is 0.0769. The number of carbonyl (C=O) groups is 1. The van der Waals surface area contributed by atoms with Gasteiger partial charge in [-0.25, -0.2) is 0 Å². The second kappa shape index (κ2) is 5.54. The number of thiocarbonyl (C=S) groups is 1. The lowest BCUT2D eigenvalue weighted by molar-refractivity contribution is 0.100. The Morgan fingerprint density at radius 3 is 2.65 bits per heavy atom. The van der Waals surface area contributed by atoms with Gasteiger partial charge in [0.15, 0.2) is 5.78 Å². The molecule has 0 amide bonds. The van der Waals surface area contributed by atoms with E-state index in [4.69, 9.17) is 23.8 Å². The molecule has 0 saturated heterocycles. The molecule has 1 aromatic heterocycles. The lowest BCUT2D eigenvalue weighted by Gasteiger charge is -2.03. The van der Waals surface area contributed by atoms with Crippen molar-refractivity contribution in [3.8, 4) is 0 Å². The molecule has 1 heterocycles. The van der Waals surface area contributed by atoms with Crippen LogP contribution in [0.25, 0.3) is 0 Å². The van der Waals surface area contributed by atoms with E-state index in [1.54, 1.807) is 35.6 Å². The largest absolute Gasteiger partial charge is 0.294 e. The van der Waals surface area contributed by atoms with E-state index in [1.165, 1.54) is 0 Å². The Bertz CT molecular complexity index is 546. The lowest BCUT2D eigenvalue weighted by atomic mass is 10.1. The van der Waals surface area contributed by atoms with Crippen molar-refractivity contribution < 1.29 is 4.79 Å². The smallest absolute Gasteiger partial charge is 0.169 e. The molecule has 2 aromatic rings. The fourth-order valence-corrected chi connectivity index (χ4v) is 2.70. The number of hydrogen-bond donors (Lipinski definition) is 0. The highest BCUT2D eigenvalue weighted by Crippen LogP contribution is 2.19. The van der Waals surface area contributed by atoms with Crippen LogP contribution in [0.3, 0.4) is 0 Å². The molecule has 4 heteroatoms. The molecule has 0 bridgehead atoms. The highest BCUT2D eigenvalue weighted by atomic mass is 35.5. The van der Waals surface area contributed by atoms with Crippen molar-refractivity contribution >= 4 is 45.8 Å². The van der Waals surface area contributed by atoms with E-state index in [-0.39, 0.29) is 12.2 Å². The van der Waals surface area contributed by atoms with Gasteiger partial charge in [-0.05, 0) is 23.6 Å². The zero-order valence-corrected chi connectivity index (χ0v) is 11.2. The SMILES string of the molecule is O=C(CC(=S)c1cccs1)c1ccccc1Cl. The zero-order chi connectivity index (χ0) is 12.3. The number of halogens is 1. The van der Waals surface area contributed by atoms with Gasteiger partial charge in [-0.3, -0.25) is 4.79 Å². The first kappa shape index (κ1) is 12.4. The molecule has 0 N–H and O–H groups in total. The minimum absolute atomic E-state index is 0.0333. The monoisotopic (exact) mass is 280 g/mol. The third-order valence-electron chi connectivity index (χ3n) is 2.29. The predicted octanol–water partition coefficient (Wildman–Crippen LogP) is 4.39. The van der Waals surface area contributed by atoms with E-state index < -0.39 is 0 Å². The maximum absolute atomic E-state index is 12.0. The Morgan fingerprint density at radius 2 is 2.00 bits per heavy atom. The number of carbonyl (C=O) groups excluding carboxylic acids is 1. The average molecular weight is 281 g/mol. The number of hydrogen-bond acceptors (Lipinski definition) is 3. The van der Waals surface area contributed by atoms with Crippen LogP contribution in [0.15, 0.2) is 41.8 Å². The molecule has 0 saturated carbocycles. The van der Waals surface area contributed by atoms with Crippen LogP contribution in [0, 0.1) is 0 Å². The molecule has 1 nitrogen and oxygen atoms in total. The highest BCUT2D eigenvalue weighted by molar-refractivity contribution is 7.81. The second-order valence-electron chi connectivity index (χ2n) is 3.48. The van der Waals surface area contributed by atoms with Crippen molar-refractivity contribution in [1.29, 1.82) is 0 Å². The van der Waals surface area contributed by atoms with Gasteiger partial charge in [-0.1, -0.05) is 42.0 Å². The summed E-state index contributed by atoms with van der Waals surface area (Å²) >= 11 is 12.8. The van der Waals surface area contributed by atoms with Gasteiger partial charge in [-0.15, -0.1) is 11.3 Å². The van der Waals surface area contributed by atoms with Gasteiger partial charge in [-0.2, -0.15) is 0 Å². The maximum atomic E-state index is 12.0. The molecule has 0 fully saturated rings. The van der Waals surface area contributed by atoms with Crippen LogP contribution in [0.2, 0.25) is 5.02 Å². The first-order valence-corrected chi connectivity index (χ1v) is 6.69. The summed E-state index contributed by atoms with van der Waals surface area (Å²) in [5.74, 6) is -0.0333. The van der Waals surface area contributed by atoms with Crippen molar-refractivity contribution in [2.75, 3.05) is 0 Å². The molecule has 17 heavy (non-hydrogen) atoms. The molecule has 0 aliphatic heterocycles. The summed E-state index contributed by atoms with van der Waals surface area (Å²) in [7, 11) is 0. The summed E-state index contributed by atoms with van der Waals surface area (Å²) in [4.78, 5) is 13.6. The number of thiophene rings is 1. The van der Waals surface area contributed by atoms with Crippen LogP contribution in [0.4, 0.5) is 0 Å². The first-order chi connectivity index (χ1) is 8.18. The summed E-state index contributed by atoms with van der Waals surface area (Å²) in [5, 5.41) is 2.42. The van der Waals surface area contributed by atoms with Crippen LogP contribution in [0.5, 0.6) is 0 Å². The first-order valence-electron chi connectivity index (χ1n) is 5.03. The van der Waals surface area contributed by atoms with Crippen molar-refractivity contribution in [1.82, 2.24) is 0 Å². The van der Waals surface area contributed by atoms with Crippen LogP contribution >= 0.6 is 35.2 Å². The van der Waals surface area contributed by atoms with E-state index in [9.17, 15) is 4.79 Å². The molecule has 2 rings (SSSR count). The van der Waals surface area contributed by atoms with Gasteiger partial charge in [0, 0.05) is 21.7 Å². The number of Topliss-reactive ketones (excluding diaryl/α,β-unsaturated/α-hetero) is 1. The van der Waals surface area contributed by atoms with Crippen molar-refractivity contribution in [2.45, 2.75) is 6.42 Å². The Hall–Kier alpha value is -1.03. The minimum atomic E-state index is -0.0333. The highest BCUT2D eigenvalue weighted by Gasteiger charge is 2.13. The van der Waals surface area contributed by atoms with E-state index in [2.05, 4.69) is 0 Å². The molecule has 0 aliphatic carbocycles.